The monoisotopic (exact) mass is 926 g/mol. The molecule has 2 atom stereocenters. The summed E-state index contributed by atoms with van der Waals surface area (Å²) >= 11 is 0. The number of sulfonamides is 1. The molecule has 66 heavy (non-hydrogen) atoms. The number of halogens is 2. The van der Waals surface area contributed by atoms with Gasteiger partial charge < -0.3 is 25.0 Å². The van der Waals surface area contributed by atoms with Gasteiger partial charge in [-0.2, -0.15) is 9.37 Å². The maximum atomic E-state index is 15.4. The van der Waals surface area contributed by atoms with Crippen LogP contribution in [0.1, 0.15) is 112 Å². The standard InChI is InChI=1S/C48H56F2N8O7S/c1-29(2)33-7-4-5-8-34(33)35-9-6-10-39(35)57-27-48(28-57)17-19-56(20-18-48)31-11-12-36(41(21-31)65-42-23-37-38(49)26-53-44(37)54-43(42)50)46(59)55-66(63,64)32-22-40(58(61)62)45(52-25-32)51-24-30-13-15-47(3,60)16-14-30/h4-5,7-8,11-12,21-23,25-26,29-30,35,39,60H,6,9-10,13-20,24,27-28H2,1-3H3,(H,51,52)(H,53,54)(H,55,59)/t30?,35-,39-,47?/m0/s1. The van der Waals surface area contributed by atoms with E-state index in [4.69, 9.17) is 4.74 Å². The van der Waals surface area contributed by atoms with E-state index < -0.39 is 54.6 Å². The second-order valence-electron chi connectivity index (χ2n) is 19.4. The van der Waals surface area contributed by atoms with Gasteiger partial charge in [-0.1, -0.05) is 44.5 Å². The minimum atomic E-state index is -4.76. The van der Waals surface area contributed by atoms with E-state index in [1.54, 1.807) is 13.0 Å². The first-order chi connectivity index (χ1) is 31.5. The Bertz CT molecular complexity index is 2760. The normalized spacial score (nSPS) is 23.3. The fraction of sp³-hybridized carbons (Fsp3) is 0.479. The number of H-pyrrole nitrogens is 1. The molecule has 3 aromatic heterocycles. The van der Waals surface area contributed by atoms with Crippen LogP contribution in [0.3, 0.4) is 0 Å². The quantitative estimate of drug-likeness (QED) is 0.0499. The molecule has 18 heteroatoms. The fourth-order valence-corrected chi connectivity index (χ4v) is 11.6. The van der Waals surface area contributed by atoms with Gasteiger partial charge in [0.25, 0.3) is 21.9 Å². The number of hydrogen-bond acceptors (Lipinski definition) is 12. The van der Waals surface area contributed by atoms with Crippen molar-refractivity contribution < 1.29 is 36.8 Å². The second-order valence-corrected chi connectivity index (χ2v) is 21.1. The average molecular weight is 927 g/mol. The summed E-state index contributed by atoms with van der Waals surface area (Å²) in [6.07, 6.45) is 9.99. The molecule has 0 unspecified atom stereocenters. The van der Waals surface area contributed by atoms with Crippen molar-refractivity contribution >= 4 is 44.2 Å². The molecule has 5 aromatic rings. The molecule has 2 aromatic carbocycles. The van der Waals surface area contributed by atoms with Crippen LogP contribution in [0.15, 0.2) is 71.9 Å². The Kier molecular flexibility index (Phi) is 12.3. The molecule has 0 radical (unpaired) electrons. The summed E-state index contributed by atoms with van der Waals surface area (Å²) in [6.45, 7) is 10.1. The number of aliphatic hydroxyl groups is 1. The first-order valence-electron chi connectivity index (χ1n) is 22.9. The Morgan fingerprint density at radius 2 is 1.77 bits per heavy atom. The number of piperidine rings is 1. The van der Waals surface area contributed by atoms with Crippen molar-refractivity contribution in [1.82, 2.24) is 24.6 Å². The van der Waals surface area contributed by atoms with Gasteiger partial charge in [0.05, 0.1) is 27.7 Å². The molecule has 4 fully saturated rings. The summed E-state index contributed by atoms with van der Waals surface area (Å²) in [6, 6.07) is 15.9. The largest absolute Gasteiger partial charge is 0.452 e. The molecule has 4 N–H and O–H groups in total. The molecular weight excluding hydrogens is 871 g/mol. The number of carbonyl (C=O) groups excluding carboxylic acids is 1. The third-order valence-corrected chi connectivity index (χ3v) is 15.8. The number of hydrogen-bond donors (Lipinski definition) is 4. The van der Waals surface area contributed by atoms with E-state index >= 15 is 4.39 Å². The van der Waals surface area contributed by atoms with Gasteiger partial charge in [0.15, 0.2) is 5.75 Å². The highest BCUT2D eigenvalue weighted by molar-refractivity contribution is 7.90. The molecule has 9 rings (SSSR count). The van der Waals surface area contributed by atoms with Crippen LogP contribution >= 0.6 is 0 Å². The summed E-state index contributed by atoms with van der Waals surface area (Å²) in [4.78, 5) is 39.9. The Morgan fingerprint density at radius 3 is 2.50 bits per heavy atom. The van der Waals surface area contributed by atoms with Crippen molar-refractivity contribution in [2.24, 2.45) is 11.3 Å². The number of nitrogens with zero attached hydrogens (tertiary/aromatic N) is 5. The van der Waals surface area contributed by atoms with E-state index in [-0.39, 0.29) is 39.5 Å². The zero-order valence-electron chi connectivity index (χ0n) is 37.4. The minimum Gasteiger partial charge on any atom is -0.452 e. The van der Waals surface area contributed by atoms with Gasteiger partial charge in [-0.25, -0.2) is 22.5 Å². The van der Waals surface area contributed by atoms with Crippen LogP contribution in [0.2, 0.25) is 0 Å². The van der Waals surface area contributed by atoms with Crippen molar-refractivity contribution in [1.29, 1.82) is 0 Å². The maximum Gasteiger partial charge on any atom is 0.312 e. The summed E-state index contributed by atoms with van der Waals surface area (Å²) in [5, 5.41) is 25.3. The number of amides is 1. The zero-order chi connectivity index (χ0) is 46.5. The minimum absolute atomic E-state index is 0.0528. The van der Waals surface area contributed by atoms with Crippen LogP contribution in [0.5, 0.6) is 11.5 Å². The third-order valence-electron chi connectivity index (χ3n) is 14.5. The topological polar surface area (TPSA) is 196 Å². The molecule has 5 heterocycles. The number of ether oxygens (including phenoxy) is 1. The highest BCUT2D eigenvalue weighted by Crippen LogP contribution is 2.49. The number of anilines is 2. The van der Waals surface area contributed by atoms with E-state index in [2.05, 4.69) is 68.2 Å². The number of aromatic nitrogens is 3. The van der Waals surface area contributed by atoms with Crippen molar-refractivity contribution in [3.8, 4) is 11.5 Å². The Hall–Kier alpha value is -5.72. The van der Waals surface area contributed by atoms with E-state index in [0.29, 0.717) is 68.9 Å². The Balaban J connectivity index is 0.917. The third kappa shape index (κ3) is 9.19. The van der Waals surface area contributed by atoms with Gasteiger partial charge in [0, 0.05) is 62.8 Å². The van der Waals surface area contributed by atoms with Gasteiger partial charge >= 0.3 is 5.69 Å². The number of benzene rings is 2. The molecule has 2 aliphatic carbocycles. The molecule has 1 amide bonds. The van der Waals surface area contributed by atoms with Crippen LogP contribution in [-0.4, -0.2) is 88.6 Å². The van der Waals surface area contributed by atoms with E-state index in [0.717, 1.165) is 50.5 Å². The predicted molar refractivity (Wildman–Crippen MR) is 246 cm³/mol. The molecular formula is C48H56F2N8O7S. The van der Waals surface area contributed by atoms with Crippen LogP contribution in [0.25, 0.3) is 11.0 Å². The molecule has 2 saturated carbocycles. The van der Waals surface area contributed by atoms with E-state index in [1.807, 2.05) is 4.72 Å². The van der Waals surface area contributed by atoms with Crippen molar-refractivity contribution in [2.75, 3.05) is 42.9 Å². The van der Waals surface area contributed by atoms with Crippen LogP contribution in [0, 0.1) is 33.2 Å². The number of fused-ring (bicyclic) bond motifs is 1. The van der Waals surface area contributed by atoms with Crippen LogP contribution < -0.4 is 19.7 Å². The molecule has 15 nitrogen and oxygen atoms in total. The highest BCUT2D eigenvalue weighted by Gasteiger charge is 2.49. The first-order valence-corrected chi connectivity index (χ1v) is 24.4. The lowest BCUT2D eigenvalue weighted by Gasteiger charge is -2.57. The van der Waals surface area contributed by atoms with E-state index in [1.165, 1.54) is 42.5 Å². The first kappa shape index (κ1) is 45.4. The summed E-state index contributed by atoms with van der Waals surface area (Å²) < 4.78 is 65.4. The lowest BCUT2D eigenvalue weighted by atomic mass is 9.70. The van der Waals surface area contributed by atoms with Crippen molar-refractivity contribution in [2.45, 2.75) is 107 Å². The molecule has 2 saturated heterocycles. The number of pyridine rings is 2. The summed E-state index contributed by atoms with van der Waals surface area (Å²) in [5.74, 6) is -2.69. The van der Waals surface area contributed by atoms with Gasteiger partial charge in [-0.15, -0.1) is 0 Å². The van der Waals surface area contributed by atoms with Crippen LogP contribution in [0.4, 0.5) is 26.0 Å². The molecule has 0 bridgehead atoms. The summed E-state index contributed by atoms with van der Waals surface area (Å²) in [5.41, 5.74) is 2.04. The summed E-state index contributed by atoms with van der Waals surface area (Å²) in [7, 11) is -4.76. The molecule has 350 valence electrons. The number of rotatable bonds is 13. The maximum absolute atomic E-state index is 15.4. The Labute approximate surface area is 382 Å². The van der Waals surface area contributed by atoms with Gasteiger partial charge in [0.2, 0.25) is 5.82 Å². The second kappa shape index (κ2) is 17.8. The number of nitrogens with one attached hydrogen (secondary N) is 3. The lowest BCUT2D eigenvalue weighted by Crippen LogP contribution is -2.63. The molecule has 1 spiro atoms. The fourth-order valence-electron chi connectivity index (χ4n) is 10.7. The Morgan fingerprint density at radius 1 is 1.03 bits per heavy atom. The molecule has 4 aliphatic rings. The predicted octanol–water partition coefficient (Wildman–Crippen LogP) is 8.77. The van der Waals surface area contributed by atoms with Crippen molar-refractivity contribution in [3.05, 3.63) is 106 Å². The highest BCUT2D eigenvalue weighted by atomic mass is 32.2. The zero-order valence-corrected chi connectivity index (χ0v) is 38.2. The number of aromatic amines is 1. The van der Waals surface area contributed by atoms with Crippen molar-refractivity contribution in [3.63, 3.8) is 0 Å². The number of likely N-dealkylation sites (tertiary alicyclic amines) is 1. The van der Waals surface area contributed by atoms with E-state index in [9.17, 15) is 32.8 Å². The van der Waals surface area contributed by atoms with Gasteiger partial charge in [0.1, 0.15) is 22.1 Å². The average Bonchev–Trinajstić information content (AvgIpc) is 3.91. The SMILES string of the molecule is CC(C)c1ccccc1[C@@H]1CCC[C@@H]1N1CC2(CCN(c3ccc(C(=O)NS(=O)(=O)c4cnc(NCC5CCC(C)(O)CC5)c([N+](=O)[O-])c4)c(Oc4cc5c(F)c[nH]c5nc4F)c3)CC2)C1. The number of nitro groups is 1. The van der Waals surface area contributed by atoms with Crippen LogP contribution in [-0.2, 0) is 10.0 Å². The lowest BCUT2D eigenvalue weighted by molar-refractivity contribution is -0.384. The smallest absolute Gasteiger partial charge is 0.312 e. The molecule has 2 aliphatic heterocycles. The van der Waals surface area contributed by atoms with Gasteiger partial charge in [-0.3, -0.25) is 19.8 Å². The van der Waals surface area contributed by atoms with Gasteiger partial charge in [-0.05, 0) is 111 Å². The number of carbonyl (C=O) groups is 1.